The second-order valence-electron chi connectivity index (χ2n) is 7.51. The minimum atomic E-state index is -0.543. The highest BCUT2D eigenvalue weighted by atomic mass is 32.2. The van der Waals surface area contributed by atoms with Crippen molar-refractivity contribution in [1.82, 2.24) is 4.90 Å². The molecule has 0 aliphatic carbocycles. The summed E-state index contributed by atoms with van der Waals surface area (Å²) >= 11 is 0.767. The van der Waals surface area contributed by atoms with Gasteiger partial charge in [-0.25, -0.2) is 4.39 Å². The van der Waals surface area contributed by atoms with Gasteiger partial charge in [0.15, 0.2) is 11.5 Å². The minimum Gasteiger partial charge on any atom is -0.493 e. The molecule has 9 heteroatoms. The molecule has 4 rings (SSSR count). The Morgan fingerprint density at radius 2 is 1.77 bits per heavy atom. The summed E-state index contributed by atoms with van der Waals surface area (Å²) in [7, 11) is 1.49. The highest BCUT2D eigenvalue weighted by Gasteiger charge is 2.36. The Balaban J connectivity index is 1.42. The second kappa shape index (κ2) is 10.9. The highest BCUT2D eigenvalue weighted by Crippen LogP contribution is 2.34. The van der Waals surface area contributed by atoms with Gasteiger partial charge < -0.3 is 14.8 Å². The number of benzene rings is 3. The van der Waals surface area contributed by atoms with Crippen LogP contribution in [0.3, 0.4) is 0 Å². The minimum absolute atomic E-state index is 0.199. The predicted octanol–water partition coefficient (Wildman–Crippen LogP) is 5.09. The van der Waals surface area contributed by atoms with E-state index in [1.54, 1.807) is 60.7 Å². The average Bonchev–Trinajstić information content (AvgIpc) is 3.12. The largest absolute Gasteiger partial charge is 0.493 e. The van der Waals surface area contributed by atoms with Gasteiger partial charge in [-0.05, 0) is 65.4 Å². The number of rotatable bonds is 8. The van der Waals surface area contributed by atoms with E-state index in [0.717, 1.165) is 22.2 Å². The lowest BCUT2D eigenvalue weighted by Gasteiger charge is -2.12. The molecule has 0 bridgehead atoms. The first-order valence-corrected chi connectivity index (χ1v) is 11.4. The van der Waals surface area contributed by atoms with Crippen LogP contribution in [0.4, 0.5) is 14.9 Å². The van der Waals surface area contributed by atoms with E-state index in [1.165, 1.54) is 19.2 Å². The van der Waals surface area contributed by atoms with Gasteiger partial charge in [0.05, 0.1) is 12.0 Å². The van der Waals surface area contributed by atoms with Crippen molar-refractivity contribution < 1.29 is 28.2 Å². The Kier molecular flexibility index (Phi) is 7.47. The summed E-state index contributed by atoms with van der Waals surface area (Å²) < 4.78 is 24.3. The number of hydrogen-bond donors (Lipinski definition) is 1. The third kappa shape index (κ3) is 6.07. The number of amides is 3. The van der Waals surface area contributed by atoms with Gasteiger partial charge in [-0.3, -0.25) is 19.3 Å². The van der Waals surface area contributed by atoms with Crippen LogP contribution in [0.15, 0.2) is 77.7 Å². The first-order chi connectivity index (χ1) is 16.9. The molecule has 0 saturated carbocycles. The molecule has 7 nitrogen and oxygen atoms in total. The third-order valence-corrected chi connectivity index (χ3v) is 5.93. The Bertz CT molecular complexity index is 1280. The number of nitrogens with zero attached hydrogens (tertiary/aromatic N) is 1. The number of imide groups is 1. The molecule has 0 aromatic heterocycles. The fourth-order valence-corrected chi connectivity index (χ4v) is 4.13. The Hall–Kier alpha value is -4.11. The van der Waals surface area contributed by atoms with Crippen LogP contribution in [-0.4, -0.2) is 35.6 Å². The van der Waals surface area contributed by atoms with Crippen molar-refractivity contribution >= 4 is 40.6 Å². The van der Waals surface area contributed by atoms with Crippen LogP contribution in [0.1, 0.15) is 11.1 Å². The zero-order valence-corrected chi connectivity index (χ0v) is 19.5. The van der Waals surface area contributed by atoms with Crippen LogP contribution in [0.25, 0.3) is 6.08 Å². The summed E-state index contributed by atoms with van der Waals surface area (Å²) in [6.45, 7) is -0.156. The average molecular weight is 493 g/mol. The standard InChI is InChI=1S/C26H21FN2O5S/c1-33-22-13-18(9-12-21(22)34-16-17-7-10-19(27)11-8-17)14-23-25(31)29(26(32)35-23)15-24(30)28-20-5-3-2-4-6-20/h2-14H,15-16H2,1H3,(H,28,30). The lowest BCUT2D eigenvalue weighted by atomic mass is 10.1. The molecule has 1 fully saturated rings. The second-order valence-corrected chi connectivity index (χ2v) is 8.50. The fraction of sp³-hybridized carbons (Fsp3) is 0.115. The van der Waals surface area contributed by atoms with Gasteiger partial charge in [0.1, 0.15) is 19.0 Å². The van der Waals surface area contributed by atoms with Crippen LogP contribution < -0.4 is 14.8 Å². The molecule has 0 unspecified atom stereocenters. The normalized spacial score (nSPS) is 14.3. The van der Waals surface area contributed by atoms with E-state index in [4.69, 9.17) is 9.47 Å². The molecule has 178 valence electrons. The van der Waals surface area contributed by atoms with Crippen LogP contribution >= 0.6 is 11.8 Å². The molecule has 3 aromatic rings. The van der Waals surface area contributed by atoms with Crippen LogP contribution in [0.2, 0.25) is 0 Å². The number of carbonyl (C=O) groups is 3. The van der Waals surface area contributed by atoms with Crippen LogP contribution in [-0.2, 0) is 16.2 Å². The summed E-state index contributed by atoms with van der Waals surface area (Å²) in [6, 6.07) is 19.8. The van der Waals surface area contributed by atoms with E-state index in [2.05, 4.69) is 5.32 Å². The lowest BCUT2D eigenvalue weighted by molar-refractivity contribution is -0.127. The van der Waals surface area contributed by atoms with E-state index in [-0.39, 0.29) is 23.9 Å². The molecule has 0 spiro atoms. The molecule has 3 aromatic carbocycles. The molecule has 1 aliphatic heterocycles. The first kappa shape index (κ1) is 24.0. The Labute approximate surface area is 205 Å². The number of hydrogen-bond acceptors (Lipinski definition) is 6. The predicted molar refractivity (Wildman–Crippen MR) is 131 cm³/mol. The van der Waals surface area contributed by atoms with E-state index in [0.29, 0.717) is 22.7 Å². The number of thioether (sulfide) groups is 1. The zero-order valence-electron chi connectivity index (χ0n) is 18.7. The third-order valence-electron chi connectivity index (χ3n) is 5.03. The van der Waals surface area contributed by atoms with Gasteiger partial charge in [0, 0.05) is 5.69 Å². The van der Waals surface area contributed by atoms with Crippen LogP contribution in [0.5, 0.6) is 11.5 Å². The van der Waals surface area contributed by atoms with Crippen LogP contribution in [0, 0.1) is 5.82 Å². The molecule has 1 heterocycles. The number of ether oxygens (including phenoxy) is 2. The summed E-state index contributed by atoms with van der Waals surface area (Å²) in [5.74, 6) is -0.429. The van der Waals surface area contributed by atoms with Crippen molar-refractivity contribution in [2.24, 2.45) is 0 Å². The number of anilines is 1. The van der Waals surface area contributed by atoms with Crippen molar-refractivity contribution in [2.75, 3.05) is 19.0 Å². The fourth-order valence-electron chi connectivity index (χ4n) is 3.29. The molecular weight excluding hydrogens is 471 g/mol. The number of halogens is 1. The summed E-state index contributed by atoms with van der Waals surface area (Å²) in [5.41, 5.74) is 1.99. The molecule has 1 saturated heterocycles. The van der Waals surface area contributed by atoms with E-state index < -0.39 is 17.1 Å². The number of nitrogens with one attached hydrogen (secondary N) is 1. The van der Waals surface area contributed by atoms with Gasteiger partial charge >= 0.3 is 0 Å². The Morgan fingerprint density at radius 3 is 2.49 bits per heavy atom. The van der Waals surface area contributed by atoms with Crippen molar-refractivity contribution in [2.45, 2.75) is 6.61 Å². The smallest absolute Gasteiger partial charge is 0.294 e. The quantitative estimate of drug-likeness (QED) is 0.441. The van der Waals surface area contributed by atoms with Crippen molar-refractivity contribution in [3.05, 3.63) is 94.6 Å². The molecule has 1 N–H and O–H groups in total. The monoisotopic (exact) mass is 492 g/mol. The summed E-state index contributed by atoms with van der Waals surface area (Å²) in [5, 5.41) is 2.14. The lowest BCUT2D eigenvalue weighted by Crippen LogP contribution is -2.36. The molecular formula is C26H21FN2O5S. The van der Waals surface area contributed by atoms with Crippen molar-refractivity contribution in [3.63, 3.8) is 0 Å². The summed E-state index contributed by atoms with van der Waals surface area (Å²) in [6.07, 6.45) is 1.56. The van der Waals surface area contributed by atoms with Crippen molar-refractivity contribution in [3.8, 4) is 11.5 Å². The van der Waals surface area contributed by atoms with Gasteiger partial charge in [-0.2, -0.15) is 0 Å². The van der Waals surface area contributed by atoms with E-state index in [1.807, 2.05) is 6.07 Å². The summed E-state index contributed by atoms with van der Waals surface area (Å²) in [4.78, 5) is 38.5. The maximum absolute atomic E-state index is 13.1. The van der Waals surface area contributed by atoms with E-state index in [9.17, 15) is 18.8 Å². The first-order valence-electron chi connectivity index (χ1n) is 10.6. The van der Waals surface area contributed by atoms with Gasteiger partial charge in [0.25, 0.3) is 11.1 Å². The molecule has 0 radical (unpaired) electrons. The molecule has 35 heavy (non-hydrogen) atoms. The highest BCUT2D eigenvalue weighted by molar-refractivity contribution is 8.18. The van der Waals surface area contributed by atoms with Gasteiger partial charge in [-0.15, -0.1) is 0 Å². The molecule has 1 aliphatic rings. The maximum Gasteiger partial charge on any atom is 0.294 e. The number of para-hydroxylation sites is 1. The Morgan fingerprint density at radius 1 is 1.03 bits per heavy atom. The molecule has 3 amide bonds. The van der Waals surface area contributed by atoms with E-state index >= 15 is 0 Å². The van der Waals surface area contributed by atoms with Gasteiger partial charge in [-0.1, -0.05) is 36.4 Å². The van der Waals surface area contributed by atoms with Gasteiger partial charge in [0.2, 0.25) is 5.91 Å². The number of methoxy groups -OCH3 is 1. The molecule has 0 atom stereocenters. The number of carbonyl (C=O) groups excluding carboxylic acids is 3. The SMILES string of the molecule is COc1cc(C=C2SC(=O)N(CC(=O)Nc3ccccc3)C2=O)ccc1OCc1ccc(F)cc1. The zero-order chi connectivity index (χ0) is 24.8. The van der Waals surface area contributed by atoms with Crippen molar-refractivity contribution in [1.29, 1.82) is 0 Å². The maximum atomic E-state index is 13.1. The topological polar surface area (TPSA) is 84.9 Å².